The van der Waals surface area contributed by atoms with Gasteiger partial charge in [-0.1, -0.05) is 32.1 Å². The lowest BCUT2D eigenvalue weighted by molar-refractivity contribution is 0.0946. The van der Waals surface area contributed by atoms with E-state index in [0.29, 0.717) is 35.3 Å². The van der Waals surface area contributed by atoms with E-state index in [4.69, 9.17) is 5.73 Å². The van der Waals surface area contributed by atoms with Crippen LogP contribution in [0.1, 0.15) is 43.3 Å². The molecule has 0 aliphatic rings. The largest absolute Gasteiger partial charge is 0.393 e. The second-order valence-electron chi connectivity index (χ2n) is 5.11. The van der Waals surface area contributed by atoms with Gasteiger partial charge in [-0.25, -0.2) is 4.98 Å². The zero-order valence-corrected chi connectivity index (χ0v) is 13.1. The van der Waals surface area contributed by atoms with Crippen LogP contribution in [0.15, 0.2) is 0 Å². The number of amides is 1. The first kappa shape index (κ1) is 16.7. The zero-order valence-electron chi connectivity index (χ0n) is 12.3. The molecule has 7 heteroatoms. The molecule has 0 aliphatic heterocycles. The number of nitrogens with one attached hydrogen (secondary N) is 2. The molecule has 0 fully saturated rings. The number of nitrogens with two attached hydrogens (primary N) is 1. The topological polar surface area (TPSA) is 100 Å². The summed E-state index contributed by atoms with van der Waals surface area (Å²) >= 11 is 1.25. The van der Waals surface area contributed by atoms with Gasteiger partial charge in [0.2, 0.25) is 0 Å². The lowest BCUT2D eigenvalue weighted by Crippen LogP contribution is -2.26. The number of carbonyl (C=O) groups is 1. The Kier molecular flexibility index (Phi) is 6.74. The van der Waals surface area contributed by atoms with Gasteiger partial charge in [-0.05, 0) is 18.8 Å². The fourth-order valence-corrected chi connectivity index (χ4v) is 2.31. The van der Waals surface area contributed by atoms with Crippen molar-refractivity contribution in [3.05, 3.63) is 4.88 Å². The van der Waals surface area contributed by atoms with Gasteiger partial charge in [0.25, 0.3) is 5.91 Å². The molecule has 1 heterocycles. The first-order valence-corrected chi connectivity index (χ1v) is 7.72. The number of carbonyl (C=O) groups excluding carboxylic acids is 1. The van der Waals surface area contributed by atoms with Gasteiger partial charge in [0, 0.05) is 13.1 Å². The van der Waals surface area contributed by atoms with Crippen molar-refractivity contribution in [2.75, 3.05) is 24.1 Å². The van der Waals surface area contributed by atoms with Crippen molar-refractivity contribution in [2.45, 2.75) is 39.7 Å². The third-order valence-electron chi connectivity index (χ3n) is 2.76. The van der Waals surface area contributed by atoms with Crippen molar-refractivity contribution >= 4 is 28.2 Å². The maximum Gasteiger partial charge on any atom is 0.265 e. The minimum atomic E-state index is -0.377. The zero-order chi connectivity index (χ0) is 15.1. The van der Waals surface area contributed by atoms with Crippen LogP contribution in [-0.2, 0) is 0 Å². The van der Waals surface area contributed by atoms with Crippen LogP contribution >= 0.6 is 11.3 Å². The molecule has 1 atom stereocenters. The lowest BCUT2D eigenvalue weighted by atomic mass is 10.2. The van der Waals surface area contributed by atoms with Gasteiger partial charge >= 0.3 is 0 Å². The van der Waals surface area contributed by atoms with Crippen molar-refractivity contribution in [2.24, 2.45) is 5.92 Å². The van der Waals surface area contributed by atoms with E-state index in [1.807, 2.05) is 6.92 Å². The number of aliphatic hydroxyl groups excluding tert-OH is 1. The highest BCUT2D eigenvalue weighted by atomic mass is 32.1. The van der Waals surface area contributed by atoms with E-state index < -0.39 is 0 Å². The molecule has 1 rings (SSSR count). The number of hydrogen-bond acceptors (Lipinski definition) is 6. The highest BCUT2D eigenvalue weighted by Crippen LogP contribution is 2.24. The molecule has 0 radical (unpaired) electrons. The number of nitrogens with zero attached hydrogens (tertiary/aromatic N) is 1. The molecule has 1 aromatic rings. The molecular formula is C13H24N4O2S. The smallest absolute Gasteiger partial charge is 0.265 e. The summed E-state index contributed by atoms with van der Waals surface area (Å²) in [7, 11) is 0. The van der Waals surface area contributed by atoms with Crippen LogP contribution in [0, 0.1) is 5.92 Å². The van der Waals surface area contributed by atoms with Crippen LogP contribution in [0.2, 0.25) is 0 Å². The van der Waals surface area contributed by atoms with Crippen molar-refractivity contribution in [1.29, 1.82) is 0 Å². The number of aromatic nitrogens is 1. The summed E-state index contributed by atoms with van der Waals surface area (Å²) in [6.45, 7) is 7.31. The first-order valence-electron chi connectivity index (χ1n) is 6.90. The number of aliphatic hydroxyl groups is 1. The van der Waals surface area contributed by atoms with Gasteiger partial charge in [0.15, 0.2) is 5.13 Å². The SMILES string of the molecule is CCC(O)CCNC(=O)c1sc(NCC(C)C)nc1N. The summed E-state index contributed by atoms with van der Waals surface area (Å²) in [5.74, 6) is 0.503. The Bertz CT molecular complexity index is 434. The summed E-state index contributed by atoms with van der Waals surface area (Å²) in [6, 6.07) is 0. The van der Waals surface area contributed by atoms with E-state index >= 15 is 0 Å². The van der Waals surface area contributed by atoms with E-state index in [1.165, 1.54) is 11.3 Å². The predicted molar refractivity (Wildman–Crippen MR) is 83.1 cm³/mol. The molecule has 6 nitrogen and oxygen atoms in total. The van der Waals surface area contributed by atoms with Crippen molar-refractivity contribution in [3.8, 4) is 0 Å². The molecule has 1 unspecified atom stereocenters. The third-order valence-corrected chi connectivity index (χ3v) is 3.78. The molecule has 1 amide bonds. The second-order valence-corrected chi connectivity index (χ2v) is 6.11. The van der Waals surface area contributed by atoms with E-state index in [-0.39, 0.29) is 17.8 Å². The van der Waals surface area contributed by atoms with Crippen molar-refractivity contribution < 1.29 is 9.90 Å². The maximum absolute atomic E-state index is 12.0. The second kappa shape index (κ2) is 8.06. The van der Waals surface area contributed by atoms with Crippen LogP contribution in [0.5, 0.6) is 0 Å². The van der Waals surface area contributed by atoms with Crippen LogP contribution in [-0.4, -0.2) is 35.2 Å². The summed E-state index contributed by atoms with van der Waals surface area (Å²) in [4.78, 5) is 16.5. The van der Waals surface area contributed by atoms with Gasteiger partial charge in [0.05, 0.1) is 6.10 Å². The summed E-state index contributed by atoms with van der Waals surface area (Å²) in [5, 5.41) is 16.0. The predicted octanol–water partition coefficient (Wildman–Crippen LogP) is 1.68. The fourth-order valence-electron chi connectivity index (χ4n) is 1.50. The van der Waals surface area contributed by atoms with Gasteiger partial charge in [-0.2, -0.15) is 0 Å². The van der Waals surface area contributed by atoms with Gasteiger partial charge in [-0.3, -0.25) is 4.79 Å². The molecule has 0 spiro atoms. The molecule has 0 aromatic carbocycles. The fraction of sp³-hybridized carbons (Fsp3) is 0.692. The summed E-state index contributed by atoms with van der Waals surface area (Å²) < 4.78 is 0. The Balaban J connectivity index is 2.51. The highest BCUT2D eigenvalue weighted by molar-refractivity contribution is 7.18. The van der Waals surface area contributed by atoms with Crippen LogP contribution < -0.4 is 16.4 Å². The Labute approximate surface area is 123 Å². The molecule has 20 heavy (non-hydrogen) atoms. The Hall–Kier alpha value is -1.34. The molecule has 0 saturated heterocycles. The van der Waals surface area contributed by atoms with Gasteiger partial charge < -0.3 is 21.5 Å². The normalized spacial score (nSPS) is 12.4. The molecular weight excluding hydrogens is 276 g/mol. The van der Waals surface area contributed by atoms with Crippen molar-refractivity contribution in [3.63, 3.8) is 0 Å². The number of anilines is 2. The molecule has 0 saturated carbocycles. The van der Waals surface area contributed by atoms with Crippen molar-refractivity contribution in [1.82, 2.24) is 10.3 Å². The van der Waals surface area contributed by atoms with E-state index in [9.17, 15) is 9.90 Å². The molecule has 0 bridgehead atoms. The van der Waals surface area contributed by atoms with Gasteiger partial charge in [0.1, 0.15) is 10.7 Å². The highest BCUT2D eigenvalue weighted by Gasteiger charge is 2.16. The monoisotopic (exact) mass is 300 g/mol. The molecule has 114 valence electrons. The Morgan fingerprint density at radius 3 is 2.80 bits per heavy atom. The maximum atomic E-state index is 12.0. The molecule has 0 aliphatic carbocycles. The van der Waals surface area contributed by atoms with Gasteiger partial charge in [-0.15, -0.1) is 0 Å². The minimum Gasteiger partial charge on any atom is -0.393 e. The standard InChI is InChI=1S/C13H24N4O2S/c1-4-9(18)5-6-15-12(19)10-11(14)17-13(20-10)16-7-8(2)3/h8-9,18H,4-7,14H2,1-3H3,(H,15,19)(H,16,17). The quantitative estimate of drug-likeness (QED) is 0.585. The average molecular weight is 300 g/mol. The van der Waals surface area contributed by atoms with E-state index in [1.54, 1.807) is 0 Å². The summed E-state index contributed by atoms with van der Waals surface area (Å²) in [6.07, 6.45) is 0.846. The lowest BCUT2D eigenvalue weighted by Gasteiger charge is -2.08. The van der Waals surface area contributed by atoms with Crippen LogP contribution in [0.3, 0.4) is 0 Å². The van der Waals surface area contributed by atoms with Crippen LogP contribution in [0.25, 0.3) is 0 Å². The Morgan fingerprint density at radius 1 is 1.50 bits per heavy atom. The molecule has 1 aromatic heterocycles. The number of thiazole rings is 1. The first-order chi connectivity index (χ1) is 9.43. The minimum absolute atomic E-state index is 0.235. The third kappa shape index (κ3) is 5.34. The van der Waals surface area contributed by atoms with E-state index in [2.05, 4.69) is 29.5 Å². The van der Waals surface area contributed by atoms with E-state index in [0.717, 1.165) is 6.54 Å². The number of hydrogen-bond donors (Lipinski definition) is 4. The summed E-state index contributed by atoms with van der Waals surface area (Å²) in [5.41, 5.74) is 5.76. The number of rotatable bonds is 8. The average Bonchev–Trinajstić information content (AvgIpc) is 2.77. The Morgan fingerprint density at radius 2 is 2.20 bits per heavy atom. The number of nitrogen functional groups attached to an aromatic ring is 1. The van der Waals surface area contributed by atoms with Crippen LogP contribution in [0.4, 0.5) is 10.9 Å². The molecule has 5 N–H and O–H groups in total.